The van der Waals surface area contributed by atoms with Crippen molar-refractivity contribution in [1.82, 2.24) is 14.5 Å². The minimum atomic E-state index is -0.0136. The highest BCUT2D eigenvalue weighted by atomic mass is 79.9. The molecule has 5 heteroatoms. The van der Waals surface area contributed by atoms with Crippen molar-refractivity contribution < 1.29 is 0 Å². The van der Waals surface area contributed by atoms with Gasteiger partial charge in [0, 0.05) is 35.7 Å². The van der Waals surface area contributed by atoms with Gasteiger partial charge in [-0.05, 0) is 32.9 Å². The van der Waals surface area contributed by atoms with Gasteiger partial charge in [0.25, 0.3) is 0 Å². The number of hydrogen-bond acceptors (Lipinski definition) is 2. The van der Waals surface area contributed by atoms with Crippen LogP contribution in [-0.4, -0.2) is 27.0 Å². The highest BCUT2D eigenvalue weighted by Gasteiger charge is 2.24. The SMILES string of the molecule is CC(C)=CCN1Cc2c(Br)ccc3[nH]c(=O)n(c23)C[C@@H]1C. The summed E-state index contributed by atoms with van der Waals surface area (Å²) < 4.78 is 2.95. The number of H-pyrrole nitrogens is 1. The summed E-state index contributed by atoms with van der Waals surface area (Å²) in [6.45, 7) is 8.90. The summed E-state index contributed by atoms with van der Waals surface area (Å²) in [6, 6.07) is 4.31. The number of hydrogen-bond donors (Lipinski definition) is 1. The molecule has 1 aromatic heterocycles. The van der Waals surface area contributed by atoms with Gasteiger partial charge in [-0.2, -0.15) is 0 Å². The number of halogens is 1. The van der Waals surface area contributed by atoms with E-state index >= 15 is 0 Å². The van der Waals surface area contributed by atoms with Gasteiger partial charge in [0.05, 0.1) is 11.0 Å². The van der Waals surface area contributed by atoms with Crippen LogP contribution in [0.5, 0.6) is 0 Å². The second-order valence-corrected chi connectivity index (χ2v) is 6.88. The van der Waals surface area contributed by atoms with Gasteiger partial charge in [-0.3, -0.25) is 9.47 Å². The normalized spacial score (nSPS) is 18.8. The third-order valence-electron chi connectivity index (χ3n) is 4.15. The molecule has 0 bridgehead atoms. The Morgan fingerprint density at radius 1 is 1.48 bits per heavy atom. The summed E-state index contributed by atoms with van der Waals surface area (Å²) >= 11 is 3.65. The van der Waals surface area contributed by atoms with Crippen LogP contribution in [-0.2, 0) is 13.1 Å². The average molecular weight is 350 g/mol. The van der Waals surface area contributed by atoms with Crippen LogP contribution in [0.3, 0.4) is 0 Å². The number of nitrogens with zero attached hydrogens (tertiary/aromatic N) is 2. The molecule has 1 aliphatic heterocycles. The Kier molecular flexibility index (Phi) is 3.80. The van der Waals surface area contributed by atoms with Crippen LogP contribution >= 0.6 is 15.9 Å². The molecule has 1 N–H and O–H groups in total. The van der Waals surface area contributed by atoms with E-state index in [2.05, 4.69) is 52.7 Å². The summed E-state index contributed by atoms with van der Waals surface area (Å²) in [6.07, 6.45) is 2.25. The Balaban J connectivity index is 2.12. The Labute approximate surface area is 132 Å². The van der Waals surface area contributed by atoms with Crippen molar-refractivity contribution in [3.05, 3.63) is 44.3 Å². The van der Waals surface area contributed by atoms with Gasteiger partial charge in [0.2, 0.25) is 0 Å². The van der Waals surface area contributed by atoms with Crippen molar-refractivity contribution >= 4 is 27.0 Å². The molecular formula is C16H20BrN3O. The molecule has 0 spiro atoms. The van der Waals surface area contributed by atoms with Gasteiger partial charge in [-0.1, -0.05) is 27.6 Å². The fourth-order valence-corrected chi connectivity index (χ4v) is 3.36. The molecule has 2 heterocycles. The van der Waals surface area contributed by atoms with E-state index in [9.17, 15) is 4.79 Å². The molecule has 2 aromatic rings. The first kappa shape index (κ1) is 14.6. The Morgan fingerprint density at radius 3 is 2.95 bits per heavy atom. The van der Waals surface area contributed by atoms with Crippen molar-refractivity contribution in [2.45, 2.75) is 39.9 Å². The van der Waals surface area contributed by atoms with Crippen LogP contribution in [0.2, 0.25) is 0 Å². The van der Waals surface area contributed by atoms with Crippen LogP contribution < -0.4 is 5.69 Å². The van der Waals surface area contributed by atoms with Crippen molar-refractivity contribution in [3.63, 3.8) is 0 Å². The first-order valence-corrected chi connectivity index (χ1v) is 8.04. The molecule has 0 aliphatic carbocycles. The molecule has 1 aliphatic rings. The third-order valence-corrected chi connectivity index (χ3v) is 4.89. The molecular weight excluding hydrogens is 330 g/mol. The van der Waals surface area contributed by atoms with Crippen molar-refractivity contribution in [2.75, 3.05) is 6.54 Å². The number of rotatable bonds is 2. The van der Waals surface area contributed by atoms with E-state index in [4.69, 9.17) is 0 Å². The zero-order chi connectivity index (χ0) is 15.1. The molecule has 112 valence electrons. The highest BCUT2D eigenvalue weighted by Crippen LogP contribution is 2.29. The summed E-state index contributed by atoms with van der Waals surface area (Å²) in [7, 11) is 0. The van der Waals surface area contributed by atoms with Crippen LogP contribution in [0.4, 0.5) is 0 Å². The van der Waals surface area contributed by atoms with E-state index in [1.807, 2.05) is 16.7 Å². The Bertz CT molecular complexity index is 768. The van der Waals surface area contributed by atoms with Crippen molar-refractivity contribution in [2.24, 2.45) is 0 Å². The number of imidazole rings is 1. The molecule has 0 amide bonds. The maximum absolute atomic E-state index is 12.2. The second kappa shape index (κ2) is 5.46. The fraction of sp³-hybridized carbons (Fsp3) is 0.438. The minimum Gasteiger partial charge on any atom is -0.306 e. The van der Waals surface area contributed by atoms with E-state index < -0.39 is 0 Å². The molecule has 0 radical (unpaired) electrons. The van der Waals surface area contributed by atoms with E-state index in [1.165, 1.54) is 11.1 Å². The van der Waals surface area contributed by atoms with E-state index in [-0.39, 0.29) is 5.69 Å². The van der Waals surface area contributed by atoms with Crippen LogP contribution in [0.1, 0.15) is 26.3 Å². The van der Waals surface area contributed by atoms with Gasteiger partial charge in [0.15, 0.2) is 0 Å². The number of aromatic nitrogens is 2. The standard InChI is InChI=1S/C16H20BrN3O/c1-10(2)6-7-19-9-12-13(17)4-5-14-15(12)20(8-11(19)3)16(21)18-14/h4-6,11H,7-9H2,1-3H3,(H,18,21)/t11-/m0/s1. The molecule has 4 nitrogen and oxygen atoms in total. The summed E-state index contributed by atoms with van der Waals surface area (Å²) in [4.78, 5) is 17.6. The molecule has 1 atom stereocenters. The molecule has 0 fully saturated rings. The maximum atomic E-state index is 12.2. The van der Waals surface area contributed by atoms with Gasteiger partial charge in [0.1, 0.15) is 0 Å². The maximum Gasteiger partial charge on any atom is 0.326 e. The molecule has 3 rings (SSSR count). The summed E-state index contributed by atoms with van der Waals surface area (Å²) in [5, 5.41) is 0. The van der Waals surface area contributed by atoms with Gasteiger partial charge in [-0.25, -0.2) is 4.79 Å². The predicted molar refractivity (Wildman–Crippen MR) is 89.6 cm³/mol. The van der Waals surface area contributed by atoms with Crippen molar-refractivity contribution in [3.8, 4) is 0 Å². The van der Waals surface area contributed by atoms with E-state index in [0.29, 0.717) is 6.04 Å². The topological polar surface area (TPSA) is 41.0 Å². The van der Waals surface area contributed by atoms with E-state index in [1.54, 1.807) is 0 Å². The zero-order valence-corrected chi connectivity index (χ0v) is 14.2. The molecule has 0 unspecified atom stereocenters. The summed E-state index contributed by atoms with van der Waals surface area (Å²) in [5.74, 6) is 0. The van der Waals surface area contributed by atoms with Crippen molar-refractivity contribution in [1.29, 1.82) is 0 Å². The fourth-order valence-electron chi connectivity index (χ4n) is 2.91. The first-order chi connectivity index (χ1) is 9.97. The lowest BCUT2D eigenvalue weighted by Crippen LogP contribution is -2.36. The number of nitrogens with one attached hydrogen (secondary N) is 1. The lowest BCUT2D eigenvalue weighted by atomic mass is 10.1. The minimum absolute atomic E-state index is 0.0136. The van der Waals surface area contributed by atoms with Gasteiger partial charge < -0.3 is 4.98 Å². The lowest BCUT2D eigenvalue weighted by Gasteiger charge is -2.26. The second-order valence-electron chi connectivity index (χ2n) is 6.02. The molecule has 0 saturated carbocycles. The van der Waals surface area contributed by atoms with Crippen LogP contribution in [0.15, 0.2) is 33.0 Å². The smallest absolute Gasteiger partial charge is 0.306 e. The number of allylic oxidation sites excluding steroid dienone is 1. The van der Waals surface area contributed by atoms with Crippen LogP contribution in [0.25, 0.3) is 11.0 Å². The first-order valence-electron chi connectivity index (χ1n) is 7.24. The van der Waals surface area contributed by atoms with Crippen LogP contribution in [0, 0.1) is 0 Å². The molecule has 21 heavy (non-hydrogen) atoms. The Morgan fingerprint density at radius 2 is 2.24 bits per heavy atom. The average Bonchev–Trinajstić information content (AvgIpc) is 2.64. The zero-order valence-electron chi connectivity index (χ0n) is 12.6. The third kappa shape index (κ3) is 2.60. The van der Waals surface area contributed by atoms with Gasteiger partial charge >= 0.3 is 5.69 Å². The largest absolute Gasteiger partial charge is 0.326 e. The summed E-state index contributed by atoms with van der Waals surface area (Å²) in [5.41, 5.74) is 4.47. The molecule has 0 saturated heterocycles. The number of aromatic amines is 1. The Hall–Kier alpha value is -1.33. The molecule has 1 aromatic carbocycles. The quantitative estimate of drug-likeness (QED) is 0.845. The van der Waals surface area contributed by atoms with Gasteiger partial charge in [-0.15, -0.1) is 0 Å². The predicted octanol–water partition coefficient (Wildman–Crippen LogP) is 3.26. The number of benzene rings is 1. The highest BCUT2D eigenvalue weighted by molar-refractivity contribution is 9.10. The van der Waals surface area contributed by atoms with E-state index in [0.717, 1.165) is 35.1 Å². The monoisotopic (exact) mass is 349 g/mol. The lowest BCUT2D eigenvalue weighted by molar-refractivity contribution is 0.209.